The lowest BCUT2D eigenvalue weighted by molar-refractivity contribution is 0.586. The van der Waals surface area contributed by atoms with Crippen LogP contribution in [-0.4, -0.2) is 6.04 Å². The van der Waals surface area contributed by atoms with Crippen LogP contribution in [0.25, 0.3) is 0 Å². The molecule has 0 aliphatic carbocycles. The Morgan fingerprint density at radius 1 is 1.00 bits per heavy atom. The van der Waals surface area contributed by atoms with Gasteiger partial charge in [0.15, 0.2) is 0 Å². The second kappa shape index (κ2) is 7.35. The second-order valence-electron chi connectivity index (χ2n) is 4.16. The molecule has 0 radical (unpaired) electrons. The van der Waals surface area contributed by atoms with Gasteiger partial charge >= 0.3 is 0 Å². The molecule has 1 rings (SSSR count). The third-order valence-electron chi connectivity index (χ3n) is 2.63. The Hall–Kier alpha value is -0.110. The Balaban J connectivity index is 2.84. The first-order valence-electron chi connectivity index (χ1n) is 5.99. The molecular weight excluding hydrogens is 277 g/mol. The van der Waals surface area contributed by atoms with Crippen molar-refractivity contribution in [2.45, 2.75) is 45.6 Å². The Morgan fingerprint density at radius 3 is 1.88 bits per heavy atom. The van der Waals surface area contributed by atoms with Gasteiger partial charge in [0.25, 0.3) is 0 Å². The molecule has 0 heterocycles. The number of halogens is 3. The van der Waals surface area contributed by atoms with Crippen molar-refractivity contribution in [3.05, 3.63) is 27.2 Å². The molecule has 0 aliphatic heterocycles. The molecule has 0 bridgehead atoms. The average molecular weight is 295 g/mol. The van der Waals surface area contributed by atoms with Gasteiger partial charge in [0.2, 0.25) is 0 Å². The third-order valence-corrected chi connectivity index (χ3v) is 3.44. The summed E-state index contributed by atoms with van der Waals surface area (Å²) in [6.07, 6.45) is 4.51. The van der Waals surface area contributed by atoms with Gasteiger partial charge in [0.1, 0.15) is 0 Å². The van der Waals surface area contributed by atoms with Crippen LogP contribution >= 0.6 is 34.8 Å². The van der Waals surface area contributed by atoms with E-state index >= 15 is 0 Å². The van der Waals surface area contributed by atoms with Crippen LogP contribution in [0.2, 0.25) is 15.1 Å². The van der Waals surface area contributed by atoms with E-state index in [9.17, 15) is 0 Å². The molecule has 0 saturated carbocycles. The van der Waals surface area contributed by atoms with Gasteiger partial charge in [-0.3, -0.25) is 0 Å². The molecule has 0 atom stereocenters. The predicted octanol–water partition coefficient (Wildman–Crippen LogP) is 6.03. The largest absolute Gasteiger partial charge is 0.380 e. The van der Waals surface area contributed by atoms with Crippen LogP contribution in [0, 0.1) is 0 Å². The minimum atomic E-state index is 0.418. The Morgan fingerprint density at radius 2 is 1.47 bits per heavy atom. The molecule has 0 aliphatic rings. The van der Waals surface area contributed by atoms with Crippen LogP contribution in [0.5, 0.6) is 0 Å². The summed E-state index contributed by atoms with van der Waals surface area (Å²) in [6.45, 7) is 4.35. The summed E-state index contributed by atoms with van der Waals surface area (Å²) < 4.78 is 0. The van der Waals surface area contributed by atoms with Crippen LogP contribution in [0.15, 0.2) is 12.1 Å². The normalized spacial score (nSPS) is 10.9. The van der Waals surface area contributed by atoms with Crippen LogP contribution in [0.1, 0.15) is 39.5 Å². The molecule has 1 N–H and O–H groups in total. The first-order chi connectivity index (χ1) is 8.08. The molecule has 96 valence electrons. The maximum Gasteiger partial charge on any atom is 0.0722 e. The third kappa shape index (κ3) is 4.57. The highest BCUT2D eigenvalue weighted by atomic mass is 35.5. The number of hydrogen-bond donors (Lipinski definition) is 1. The minimum absolute atomic E-state index is 0.418. The van der Waals surface area contributed by atoms with Gasteiger partial charge in [-0.05, 0) is 25.0 Å². The molecule has 0 aromatic heterocycles. The van der Waals surface area contributed by atoms with Crippen LogP contribution in [0.4, 0.5) is 5.69 Å². The summed E-state index contributed by atoms with van der Waals surface area (Å²) in [6, 6.07) is 3.85. The number of hydrogen-bond acceptors (Lipinski definition) is 1. The van der Waals surface area contributed by atoms with Crippen molar-refractivity contribution in [3.63, 3.8) is 0 Å². The van der Waals surface area contributed by atoms with E-state index < -0.39 is 0 Å². The van der Waals surface area contributed by atoms with Crippen molar-refractivity contribution in [1.29, 1.82) is 0 Å². The molecule has 0 fully saturated rings. The van der Waals surface area contributed by atoms with Crippen molar-refractivity contribution in [2.24, 2.45) is 0 Å². The van der Waals surface area contributed by atoms with E-state index in [1.165, 1.54) is 0 Å². The molecule has 0 amide bonds. The zero-order valence-electron chi connectivity index (χ0n) is 10.2. The molecule has 1 nitrogen and oxygen atoms in total. The predicted molar refractivity (Wildman–Crippen MR) is 78.7 cm³/mol. The Kier molecular flexibility index (Phi) is 6.47. The number of rotatable bonds is 6. The lowest BCUT2D eigenvalue weighted by Crippen LogP contribution is -2.19. The van der Waals surface area contributed by atoms with E-state index in [-0.39, 0.29) is 0 Å². The lowest BCUT2D eigenvalue weighted by atomic mass is 10.1. The highest BCUT2D eigenvalue weighted by molar-refractivity contribution is 6.41. The van der Waals surface area contributed by atoms with E-state index in [1.807, 2.05) is 0 Å². The van der Waals surface area contributed by atoms with E-state index in [0.29, 0.717) is 21.1 Å². The maximum atomic E-state index is 6.15. The molecule has 17 heavy (non-hydrogen) atoms. The molecule has 0 unspecified atom stereocenters. The second-order valence-corrected chi connectivity index (χ2v) is 5.41. The van der Waals surface area contributed by atoms with Gasteiger partial charge in [0, 0.05) is 11.1 Å². The SMILES string of the molecule is CCCC(CCC)Nc1c(Cl)cc(Cl)cc1Cl. The van der Waals surface area contributed by atoms with Crippen molar-refractivity contribution < 1.29 is 0 Å². The van der Waals surface area contributed by atoms with Gasteiger partial charge in [0.05, 0.1) is 15.7 Å². The van der Waals surface area contributed by atoms with Crippen molar-refractivity contribution in [2.75, 3.05) is 5.32 Å². The standard InChI is InChI=1S/C13H18Cl3N/c1-3-5-10(6-4-2)17-13-11(15)7-9(14)8-12(13)16/h7-8,10,17H,3-6H2,1-2H3. The fraction of sp³-hybridized carbons (Fsp3) is 0.538. The average Bonchev–Trinajstić information content (AvgIpc) is 2.23. The monoisotopic (exact) mass is 293 g/mol. The van der Waals surface area contributed by atoms with Gasteiger partial charge in [-0.2, -0.15) is 0 Å². The molecule has 4 heteroatoms. The lowest BCUT2D eigenvalue weighted by Gasteiger charge is -2.20. The summed E-state index contributed by atoms with van der Waals surface area (Å²) in [5.41, 5.74) is 0.796. The van der Waals surface area contributed by atoms with Crippen LogP contribution < -0.4 is 5.32 Å². The van der Waals surface area contributed by atoms with E-state index in [1.54, 1.807) is 12.1 Å². The topological polar surface area (TPSA) is 12.0 Å². The number of nitrogens with one attached hydrogen (secondary N) is 1. The van der Waals surface area contributed by atoms with Gasteiger partial charge < -0.3 is 5.32 Å². The highest BCUT2D eigenvalue weighted by Gasteiger charge is 2.12. The summed E-state index contributed by atoms with van der Waals surface area (Å²) in [4.78, 5) is 0. The van der Waals surface area contributed by atoms with Crippen LogP contribution in [-0.2, 0) is 0 Å². The molecule has 0 spiro atoms. The minimum Gasteiger partial charge on any atom is -0.380 e. The van der Waals surface area contributed by atoms with E-state index in [2.05, 4.69) is 19.2 Å². The summed E-state index contributed by atoms with van der Waals surface area (Å²) >= 11 is 18.2. The smallest absolute Gasteiger partial charge is 0.0722 e. The van der Waals surface area contributed by atoms with Crippen molar-refractivity contribution in [3.8, 4) is 0 Å². The number of benzene rings is 1. The van der Waals surface area contributed by atoms with Crippen LogP contribution in [0.3, 0.4) is 0 Å². The molecular formula is C13H18Cl3N. The number of anilines is 1. The Bertz CT molecular complexity index is 337. The fourth-order valence-corrected chi connectivity index (χ4v) is 2.80. The first kappa shape index (κ1) is 14.9. The van der Waals surface area contributed by atoms with Crippen molar-refractivity contribution in [1.82, 2.24) is 0 Å². The van der Waals surface area contributed by atoms with E-state index in [4.69, 9.17) is 34.8 Å². The quantitative estimate of drug-likeness (QED) is 0.675. The van der Waals surface area contributed by atoms with Crippen molar-refractivity contribution >= 4 is 40.5 Å². The first-order valence-corrected chi connectivity index (χ1v) is 7.12. The molecule has 1 aromatic carbocycles. The summed E-state index contributed by atoms with van der Waals surface area (Å²) in [5.74, 6) is 0. The molecule has 1 aromatic rings. The van der Waals surface area contributed by atoms with Gasteiger partial charge in [-0.1, -0.05) is 61.5 Å². The summed E-state index contributed by atoms with van der Waals surface area (Å²) in [7, 11) is 0. The highest BCUT2D eigenvalue weighted by Crippen LogP contribution is 2.34. The fourth-order valence-electron chi connectivity index (χ4n) is 1.87. The van der Waals surface area contributed by atoms with Gasteiger partial charge in [-0.15, -0.1) is 0 Å². The maximum absolute atomic E-state index is 6.15. The molecule has 0 saturated heterocycles. The zero-order valence-corrected chi connectivity index (χ0v) is 12.5. The zero-order chi connectivity index (χ0) is 12.8. The van der Waals surface area contributed by atoms with Gasteiger partial charge in [-0.25, -0.2) is 0 Å². The van der Waals surface area contributed by atoms with E-state index in [0.717, 1.165) is 31.4 Å². The summed E-state index contributed by atoms with van der Waals surface area (Å²) in [5, 5.41) is 5.15. The Labute approximate surface area is 118 Å².